The van der Waals surface area contributed by atoms with Gasteiger partial charge in [0.25, 0.3) is 5.78 Å². The van der Waals surface area contributed by atoms with Gasteiger partial charge in [0, 0.05) is 10.6 Å². The van der Waals surface area contributed by atoms with Crippen LogP contribution in [0.3, 0.4) is 0 Å². The molecule has 0 spiro atoms. The summed E-state index contributed by atoms with van der Waals surface area (Å²) in [7, 11) is 0. The second-order valence-electron chi connectivity index (χ2n) is 3.29. The minimum Gasteiger partial charge on any atom is -0.457 e. The number of halogens is 1. The van der Waals surface area contributed by atoms with Crippen LogP contribution in [0.15, 0.2) is 24.3 Å². The molecule has 0 atom stereocenters. The number of carbonyl (C=O) groups excluding carboxylic acids is 2. The number of hydrogen-bond donors (Lipinski definition) is 0. The average molecular weight is 227 g/mol. The highest BCUT2D eigenvalue weighted by molar-refractivity contribution is 6.40. The van der Waals surface area contributed by atoms with Crippen LogP contribution >= 0.6 is 11.6 Å². The van der Waals surface area contributed by atoms with Crippen LogP contribution in [0.1, 0.15) is 24.2 Å². The minimum absolute atomic E-state index is 0.282. The summed E-state index contributed by atoms with van der Waals surface area (Å²) in [4.78, 5) is 22.7. The van der Waals surface area contributed by atoms with Gasteiger partial charge in [-0.25, -0.2) is 4.79 Å². The van der Waals surface area contributed by atoms with Crippen molar-refractivity contribution >= 4 is 23.4 Å². The molecule has 0 fully saturated rings. The molecule has 0 N–H and O–H groups in total. The summed E-state index contributed by atoms with van der Waals surface area (Å²) in [5.74, 6) is -1.49. The number of benzene rings is 1. The lowest BCUT2D eigenvalue weighted by Crippen LogP contribution is -2.21. The Balaban J connectivity index is 2.76. The fourth-order valence-corrected chi connectivity index (χ4v) is 1.11. The van der Waals surface area contributed by atoms with Crippen molar-refractivity contribution in [3.63, 3.8) is 0 Å². The van der Waals surface area contributed by atoms with Crippen LogP contribution in [0, 0.1) is 0 Å². The summed E-state index contributed by atoms with van der Waals surface area (Å²) in [5, 5.41) is 0.517. The van der Waals surface area contributed by atoms with Crippen molar-refractivity contribution in [2.75, 3.05) is 0 Å². The van der Waals surface area contributed by atoms with E-state index in [9.17, 15) is 9.59 Å². The molecule has 0 radical (unpaired) electrons. The Kier molecular flexibility index (Phi) is 3.86. The molecule has 0 bridgehead atoms. The first kappa shape index (κ1) is 11.7. The van der Waals surface area contributed by atoms with Crippen molar-refractivity contribution in [1.29, 1.82) is 0 Å². The predicted octanol–water partition coefficient (Wildman–Crippen LogP) is 2.47. The zero-order valence-electron chi connectivity index (χ0n) is 8.49. The average Bonchev–Trinajstić information content (AvgIpc) is 2.17. The van der Waals surface area contributed by atoms with Crippen LogP contribution in [0.5, 0.6) is 0 Å². The van der Waals surface area contributed by atoms with Gasteiger partial charge in [0.2, 0.25) is 0 Å². The Morgan fingerprint density at radius 3 is 2.20 bits per heavy atom. The normalized spacial score (nSPS) is 10.1. The molecule has 0 aliphatic heterocycles. The largest absolute Gasteiger partial charge is 0.457 e. The highest BCUT2D eigenvalue weighted by Gasteiger charge is 2.18. The molecule has 0 saturated heterocycles. The van der Waals surface area contributed by atoms with Crippen LogP contribution in [-0.2, 0) is 9.53 Å². The smallest absolute Gasteiger partial charge is 0.379 e. The van der Waals surface area contributed by atoms with E-state index in [1.54, 1.807) is 26.0 Å². The Labute approximate surface area is 93.0 Å². The van der Waals surface area contributed by atoms with Gasteiger partial charge in [-0.1, -0.05) is 11.6 Å². The molecule has 0 amide bonds. The number of esters is 1. The SMILES string of the molecule is CC(C)OC(=O)C(=O)c1ccc(Cl)cc1. The molecule has 15 heavy (non-hydrogen) atoms. The van der Waals surface area contributed by atoms with Gasteiger partial charge < -0.3 is 4.74 Å². The molecule has 0 aliphatic carbocycles. The van der Waals surface area contributed by atoms with Crippen LogP contribution in [0.4, 0.5) is 0 Å². The number of ketones is 1. The number of Topliss-reactive ketones (excluding diaryl/α,β-unsaturated/α-hetero) is 1. The van der Waals surface area contributed by atoms with E-state index in [1.165, 1.54) is 12.1 Å². The van der Waals surface area contributed by atoms with Crippen molar-refractivity contribution in [2.45, 2.75) is 20.0 Å². The van der Waals surface area contributed by atoms with Crippen LogP contribution < -0.4 is 0 Å². The quantitative estimate of drug-likeness (QED) is 0.452. The lowest BCUT2D eigenvalue weighted by atomic mass is 10.1. The fraction of sp³-hybridized carbons (Fsp3) is 0.273. The molecule has 1 aromatic rings. The van der Waals surface area contributed by atoms with Crippen molar-refractivity contribution in [1.82, 2.24) is 0 Å². The van der Waals surface area contributed by atoms with E-state index >= 15 is 0 Å². The third-order valence-corrected chi connectivity index (χ3v) is 1.89. The van der Waals surface area contributed by atoms with E-state index in [-0.39, 0.29) is 11.7 Å². The fourth-order valence-electron chi connectivity index (χ4n) is 0.987. The molecule has 0 aromatic heterocycles. The number of carbonyl (C=O) groups is 2. The molecule has 3 nitrogen and oxygen atoms in total. The predicted molar refractivity (Wildman–Crippen MR) is 57.0 cm³/mol. The monoisotopic (exact) mass is 226 g/mol. The van der Waals surface area contributed by atoms with Crippen LogP contribution in [0.25, 0.3) is 0 Å². The summed E-state index contributed by atoms with van der Waals surface area (Å²) >= 11 is 5.65. The topological polar surface area (TPSA) is 43.4 Å². The molecular weight excluding hydrogens is 216 g/mol. The third kappa shape index (κ3) is 3.36. The first-order chi connectivity index (χ1) is 7.00. The molecule has 80 valence electrons. The maximum absolute atomic E-state index is 11.5. The van der Waals surface area contributed by atoms with Gasteiger partial charge in [0.1, 0.15) is 0 Å². The van der Waals surface area contributed by atoms with Crippen molar-refractivity contribution in [3.8, 4) is 0 Å². The van der Waals surface area contributed by atoms with Gasteiger partial charge in [-0.05, 0) is 38.1 Å². The molecule has 1 aromatic carbocycles. The third-order valence-electron chi connectivity index (χ3n) is 1.63. The van der Waals surface area contributed by atoms with Gasteiger partial charge >= 0.3 is 5.97 Å². The van der Waals surface area contributed by atoms with Gasteiger partial charge in [-0.2, -0.15) is 0 Å². The second kappa shape index (κ2) is 4.94. The van der Waals surface area contributed by atoms with E-state index in [2.05, 4.69) is 0 Å². The lowest BCUT2D eigenvalue weighted by Gasteiger charge is -2.06. The Bertz CT molecular complexity index is 368. The van der Waals surface area contributed by atoms with Crippen molar-refractivity contribution in [3.05, 3.63) is 34.9 Å². The number of hydrogen-bond acceptors (Lipinski definition) is 3. The first-order valence-electron chi connectivity index (χ1n) is 4.51. The Morgan fingerprint density at radius 1 is 1.20 bits per heavy atom. The van der Waals surface area contributed by atoms with E-state index in [0.717, 1.165) is 0 Å². The van der Waals surface area contributed by atoms with E-state index in [4.69, 9.17) is 16.3 Å². The molecule has 0 aliphatic rings. The molecule has 0 unspecified atom stereocenters. The second-order valence-corrected chi connectivity index (χ2v) is 3.73. The van der Waals surface area contributed by atoms with Crippen molar-refractivity contribution < 1.29 is 14.3 Å². The highest BCUT2D eigenvalue weighted by Crippen LogP contribution is 2.10. The van der Waals surface area contributed by atoms with E-state index < -0.39 is 11.8 Å². The summed E-state index contributed by atoms with van der Waals surface area (Å²) in [5.41, 5.74) is 0.282. The summed E-state index contributed by atoms with van der Waals surface area (Å²) in [6.07, 6.45) is -0.297. The van der Waals surface area contributed by atoms with Crippen LogP contribution in [0.2, 0.25) is 5.02 Å². The minimum atomic E-state index is -0.840. The number of rotatable bonds is 3. The Hall–Kier alpha value is -1.35. The summed E-state index contributed by atoms with van der Waals surface area (Å²) in [6.45, 7) is 3.38. The van der Waals surface area contributed by atoms with Crippen molar-refractivity contribution in [2.24, 2.45) is 0 Å². The summed E-state index contributed by atoms with van der Waals surface area (Å²) < 4.78 is 4.78. The molecule has 0 saturated carbocycles. The van der Waals surface area contributed by atoms with Gasteiger partial charge in [0.05, 0.1) is 6.10 Å². The van der Waals surface area contributed by atoms with Gasteiger partial charge in [-0.3, -0.25) is 4.79 Å². The number of ether oxygens (including phenoxy) is 1. The molecule has 1 rings (SSSR count). The van der Waals surface area contributed by atoms with Gasteiger partial charge in [0.15, 0.2) is 0 Å². The highest BCUT2D eigenvalue weighted by atomic mass is 35.5. The maximum Gasteiger partial charge on any atom is 0.379 e. The zero-order chi connectivity index (χ0) is 11.4. The van der Waals surface area contributed by atoms with E-state index in [0.29, 0.717) is 5.02 Å². The molecule has 0 heterocycles. The molecular formula is C11H11ClO3. The maximum atomic E-state index is 11.5. The Morgan fingerprint density at radius 2 is 1.73 bits per heavy atom. The summed E-state index contributed by atoms with van der Waals surface area (Å²) in [6, 6.07) is 6.09. The molecule has 4 heteroatoms. The van der Waals surface area contributed by atoms with E-state index in [1.807, 2.05) is 0 Å². The van der Waals surface area contributed by atoms with Crippen LogP contribution in [-0.4, -0.2) is 17.9 Å². The standard InChI is InChI=1S/C11H11ClO3/c1-7(2)15-11(14)10(13)8-3-5-9(12)6-4-8/h3-7H,1-2H3. The first-order valence-corrected chi connectivity index (χ1v) is 4.89. The lowest BCUT2D eigenvalue weighted by molar-refractivity contribution is -0.141. The van der Waals surface area contributed by atoms with Gasteiger partial charge in [-0.15, -0.1) is 0 Å². The zero-order valence-corrected chi connectivity index (χ0v) is 9.25.